The zero-order valence-corrected chi connectivity index (χ0v) is 19.8. The zero-order valence-electron chi connectivity index (χ0n) is 16.6. The van der Waals surface area contributed by atoms with E-state index in [1.807, 2.05) is 12.3 Å². The second kappa shape index (κ2) is 12.0. The number of aromatic nitrogens is 1. The van der Waals surface area contributed by atoms with Gasteiger partial charge in [-0.25, -0.2) is 4.98 Å². The lowest BCUT2D eigenvalue weighted by atomic mass is 9.96. The van der Waals surface area contributed by atoms with E-state index in [2.05, 4.69) is 49.1 Å². The Labute approximate surface area is 193 Å². The fraction of sp³-hybridized carbons (Fsp3) is 0.450. The van der Waals surface area contributed by atoms with Crippen molar-refractivity contribution in [2.45, 2.75) is 25.8 Å². The van der Waals surface area contributed by atoms with E-state index in [0.717, 1.165) is 56.2 Å². The van der Waals surface area contributed by atoms with E-state index in [-0.39, 0.29) is 35.8 Å². The molecular weight excluding hydrogens is 499 g/mol. The van der Waals surface area contributed by atoms with Gasteiger partial charge in [-0.3, -0.25) is 9.79 Å². The first-order valence-electron chi connectivity index (χ1n) is 9.62. The van der Waals surface area contributed by atoms with E-state index in [4.69, 9.17) is 5.73 Å². The number of nitrogens with two attached hydrogens (primary N) is 1. The summed E-state index contributed by atoms with van der Waals surface area (Å²) in [6.07, 6.45) is 4.36. The van der Waals surface area contributed by atoms with Crippen molar-refractivity contribution in [2.75, 3.05) is 31.6 Å². The number of piperidine rings is 1. The fourth-order valence-corrected chi connectivity index (χ4v) is 4.10. The Bertz CT molecular complexity index is 790. The molecule has 29 heavy (non-hydrogen) atoms. The number of halogens is 1. The summed E-state index contributed by atoms with van der Waals surface area (Å²) in [5.74, 6) is 1.53. The van der Waals surface area contributed by atoms with Crippen LogP contribution in [0.1, 0.15) is 23.3 Å². The molecule has 3 heterocycles. The summed E-state index contributed by atoms with van der Waals surface area (Å²) in [6.45, 7) is 3.06. The number of aliphatic imine (C=N–C) groups is 1. The fourth-order valence-electron chi connectivity index (χ4n) is 3.39. The highest BCUT2D eigenvalue weighted by Crippen LogP contribution is 2.24. The molecule has 0 atom stereocenters. The summed E-state index contributed by atoms with van der Waals surface area (Å²) in [5, 5.41) is 8.83. The molecule has 4 N–H and O–H groups in total. The number of anilines is 1. The largest absolute Gasteiger partial charge is 0.369 e. The summed E-state index contributed by atoms with van der Waals surface area (Å²) in [5.41, 5.74) is 6.56. The van der Waals surface area contributed by atoms with Crippen molar-refractivity contribution in [3.05, 3.63) is 46.3 Å². The number of nitrogens with zero attached hydrogens (tertiary/aromatic N) is 3. The Hall–Kier alpha value is -1.88. The molecule has 2 aromatic heterocycles. The van der Waals surface area contributed by atoms with Gasteiger partial charge in [0.25, 0.3) is 0 Å². The quantitative estimate of drug-likeness (QED) is 0.292. The number of thiophene rings is 1. The third-order valence-electron chi connectivity index (χ3n) is 4.98. The van der Waals surface area contributed by atoms with E-state index in [1.165, 1.54) is 4.88 Å². The van der Waals surface area contributed by atoms with E-state index >= 15 is 0 Å². The molecule has 0 radical (unpaired) electrons. The average molecular weight is 528 g/mol. The molecule has 1 amide bonds. The standard InChI is InChI=1S/C20H28N6OS.HI/c1-22-20(24-10-6-17-5-3-13-28-17)25-14-16-4-2-9-23-19(16)26-11-7-15(8-12-26)18(21)27;/h2-5,9,13,15H,6-8,10-12,14H2,1H3,(H2,21,27)(H2,22,24,25);1H. The van der Waals surface area contributed by atoms with Crippen LogP contribution in [0.15, 0.2) is 40.8 Å². The van der Waals surface area contributed by atoms with Crippen molar-refractivity contribution >= 4 is 53.0 Å². The highest BCUT2D eigenvalue weighted by molar-refractivity contribution is 14.0. The van der Waals surface area contributed by atoms with E-state index in [1.54, 1.807) is 18.4 Å². The lowest BCUT2D eigenvalue weighted by Gasteiger charge is -2.32. The minimum absolute atomic E-state index is 0. The van der Waals surface area contributed by atoms with Gasteiger partial charge in [0.15, 0.2) is 5.96 Å². The Morgan fingerprint density at radius 2 is 2.10 bits per heavy atom. The van der Waals surface area contributed by atoms with Crippen LogP contribution in [0.2, 0.25) is 0 Å². The molecule has 1 saturated heterocycles. The number of carbonyl (C=O) groups is 1. The van der Waals surface area contributed by atoms with Crippen LogP contribution in [0.25, 0.3) is 0 Å². The highest BCUT2D eigenvalue weighted by Gasteiger charge is 2.24. The second-order valence-electron chi connectivity index (χ2n) is 6.83. The molecule has 1 aliphatic rings. The average Bonchev–Trinajstić information content (AvgIpc) is 3.24. The monoisotopic (exact) mass is 528 g/mol. The number of nitrogens with one attached hydrogen (secondary N) is 2. The zero-order chi connectivity index (χ0) is 19.8. The van der Waals surface area contributed by atoms with Gasteiger partial charge in [-0.1, -0.05) is 12.1 Å². The summed E-state index contributed by atoms with van der Waals surface area (Å²) in [7, 11) is 1.78. The van der Waals surface area contributed by atoms with E-state index < -0.39 is 0 Å². The molecule has 158 valence electrons. The number of amides is 1. The minimum atomic E-state index is -0.194. The van der Waals surface area contributed by atoms with Crippen molar-refractivity contribution < 1.29 is 4.79 Å². The van der Waals surface area contributed by atoms with Crippen LogP contribution in [0.3, 0.4) is 0 Å². The molecule has 0 aromatic carbocycles. The Balaban J connectivity index is 0.00000300. The van der Waals surface area contributed by atoms with Crippen LogP contribution in [0.4, 0.5) is 5.82 Å². The lowest BCUT2D eigenvalue weighted by Crippen LogP contribution is -2.40. The number of primary amides is 1. The highest BCUT2D eigenvalue weighted by atomic mass is 127. The maximum Gasteiger partial charge on any atom is 0.220 e. The third-order valence-corrected chi connectivity index (χ3v) is 5.91. The third kappa shape index (κ3) is 6.84. The van der Waals surface area contributed by atoms with Gasteiger partial charge in [0.1, 0.15) is 5.82 Å². The number of hydrogen-bond donors (Lipinski definition) is 3. The molecule has 2 aromatic rings. The van der Waals surface area contributed by atoms with Crippen molar-refractivity contribution in [3.8, 4) is 0 Å². The van der Waals surface area contributed by atoms with Crippen LogP contribution in [-0.2, 0) is 17.8 Å². The molecule has 0 saturated carbocycles. The van der Waals surface area contributed by atoms with Gasteiger partial charge in [-0.2, -0.15) is 0 Å². The van der Waals surface area contributed by atoms with Gasteiger partial charge in [0, 0.05) is 55.8 Å². The Morgan fingerprint density at radius 1 is 1.31 bits per heavy atom. The second-order valence-corrected chi connectivity index (χ2v) is 7.86. The van der Waals surface area contributed by atoms with Crippen molar-refractivity contribution in [1.82, 2.24) is 15.6 Å². The smallest absolute Gasteiger partial charge is 0.220 e. The van der Waals surface area contributed by atoms with Crippen LogP contribution in [0.5, 0.6) is 0 Å². The number of guanidine groups is 1. The van der Waals surface area contributed by atoms with E-state index in [0.29, 0.717) is 6.54 Å². The van der Waals surface area contributed by atoms with E-state index in [9.17, 15) is 4.79 Å². The van der Waals surface area contributed by atoms with Gasteiger partial charge >= 0.3 is 0 Å². The minimum Gasteiger partial charge on any atom is -0.369 e. The predicted octanol–water partition coefficient (Wildman–Crippen LogP) is 2.37. The SMILES string of the molecule is CN=C(NCCc1cccs1)NCc1cccnc1N1CCC(C(N)=O)CC1.I. The molecule has 0 aliphatic carbocycles. The summed E-state index contributed by atoms with van der Waals surface area (Å²) in [6, 6.07) is 8.24. The number of hydrogen-bond acceptors (Lipinski definition) is 5. The van der Waals surface area contributed by atoms with Gasteiger partial charge in [-0.15, -0.1) is 35.3 Å². The van der Waals surface area contributed by atoms with Gasteiger partial charge in [-0.05, 0) is 36.8 Å². The number of pyridine rings is 1. The molecule has 1 aliphatic heterocycles. The topological polar surface area (TPSA) is 95.6 Å². The molecular formula is C20H29IN6OS. The van der Waals surface area contributed by atoms with Crippen LogP contribution >= 0.6 is 35.3 Å². The Kier molecular flexibility index (Phi) is 9.65. The van der Waals surface area contributed by atoms with Crippen molar-refractivity contribution in [1.29, 1.82) is 0 Å². The van der Waals surface area contributed by atoms with Gasteiger partial charge in [0.05, 0.1) is 0 Å². The molecule has 0 unspecified atom stereocenters. The maximum absolute atomic E-state index is 11.4. The molecule has 3 rings (SSSR count). The van der Waals surface area contributed by atoms with Crippen LogP contribution in [0, 0.1) is 5.92 Å². The molecule has 1 fully saturated rings. The number of rotatable bonds is 7. The Morgan fingerprint density at radius 3 is 2.76 bits per heavy atom. The van der Waals surface area contributed by atoms with Gasteiger partial charge in [0.2, 0.25) is 5.91 Å². The molecule has 0 spiro atoms. The molecule has 9 heteroatoms. The van der Waals surface area contributed by atoms with Crippen LogP contribution < -0.4 is 21.3 Å². The van der Waals surface area contributed by atoms with Gasteiger partial charge < -0.3 is 21.3 Å². The normalized spacial score (nSPS) is 14.9. The maximum atomic E-state index is 11.4. The summed E-state index contributed by atoms with van der Waals surface area (Å²) in [4.78, 5) is 23.9. The predicted molar refractivity (Wildman–Crippen MR) is 130 cm³/mol. The molecule has 7 nitrogen and oxygen atoms in total. The van der Waals surface area contributed by atoms with Crippen LogP contribution in [-0.4, -0.2) is 43.5 Å². The lowest BCUT2D eigenvalue weighted by molar-refractivity contribution is -0.122. The first kappa shape index (κ1) is 23.4. The first-order chi connectivity index (χ1) is 13.7. The van der Waals surface area contributed by atoms with Crippen molar-refractivity contribution in [2.24, 2.45) is 16.6 Å². The first-order valence-corrected chi connectivity index (χ1v) is 10.5. The molecule has 0 bridgehead atoms. The number of carbonyl (C=O) groups excluding carboxylic acids is 1. The van der Waals surface area contributed by atoms with Crippen molar-refractivity contribution in [3.63, 3.8) is 0 Å². The summed E-state index contributed by atoms with van der Waals surface area (Å²) < 4.78 is 0. The summed E-state index contributed by atoms with van der Waals surface area (Å²) >= 11 is 1.77.